The first-order valence-corrected chi connectivity index (χ1v) is 4.25. The van der Waals surface area contributed by atoms with E-state index in [0.29, 0.717) is 0 Å². The van der Waals surface area contributed by atoms with E-state index in [-0.39, 0.29) is 0 Å². The molecule has 0 atom stereocenters. The van der Waals surface area contributed by atoms with Gasteiger partial charge in [-0.05, 0) is 18.6 Å². The highest BCUT2D eigenvalue weighted by Gasteiger charge is 1.94. The first-order valence-electron chi connectivity index (χ1n) is 3.43. The van der Waals surface area contributed by atoms with Crippen molar-refractivity contribution >= 4 is 23.7 Å². The second-order valence-corrected chi connectivity index (χ2v) is 3.16. The third-order valence-corrected chi connectivity index (χ3v) is 2.34. The fourth-order valence-corrected chi connectivity index (χ4v) is 1.46. The van der Waals surface area contributed by atoms with Crippen LogP contribution < -0.4 is 0 Å². The van der Waals surface area contributed by atoms with Crippen molar-refractivity contribution < 1.29 is 4.79 Å². The van der Waals surface area contributed by atoms with E-state index in [1.165, 1.54) is 11.0 Å². The first kappa shape index (κ1) is 8.14. The van der Waals surface area contributed by atoms with Crippen molar-refractivity contribution in [2.45, 2.75) is 13.3 Å². The molecular formula is C8H9NOS. The van der Waals surface area contributed by atoms with E-state index in [0.717, 1.165) is 17.7 Å². The molecule has 0 saturated carbocycles. The summed E-state index contributed by atoms with van der Waals surface area (Å²) in [6.07, 6.45) is 6.78. The lowest BCUT2D eigenvalue weighted by Crippen LogP contribution is -1.65. The molecule has 0 aliphatic rings. The second kappa shape index (κ2) is 4.03. The van der Waals surface area contributed by atoms with Crippen molar-refractivity contribution in [1.29, 1.82) is 0 Å². The summed E-state index contributed by atoms with van der Waals surface area (Å²) < 4.78 is 0. The van der Waals surface area contributed by atoms with Gasteiger partial charge < -0.3 is 0 Å². The van der Waals surface area contributed by atoms with Crippen LogP contribution in [0.3, 0.4) is 0 Å². The van der Waals surface area contributed by atoms with Crippen LogP contribution in [0.5, 0.6) is 0 Å². The van der Waals surface area contributed by atoms with Crippen molar-refractivity contribution in [2.75, 3.05) is 0 Å². The Morgan fingerprint density at radius 3 is 3.09 bits per heavy atom. The number of thiazole rings is 1. The molecule has 2 nitrogen and oxygen atoms in total. The van der Waals surface area contributed by atoms with Crippen LogP contribution in [0.15, 0.2) is 12.3 Å². The maximum atomic E-state index is 9.94. The molecule has 0 N–H and O–H groups in total. The van der Waals surface area contributed by atoms with Gasteiger partial charge in [0.25, 0.3) is 0 Å². The molecule has 58 valence electrons. The lowest BCUT2D eigenvalue weighted by Gasteiger charge is -1.79. The Balaban J connectivity index is 2.72. The Kier molecular flexibility index (Phi) is 2.98. The Morgan fingerprint density at radius 1 is 1.73 bits per heavy atom. The molecule has 0 aliphatic heterocycles. The molecule has 0 fully saturated rings. The number of hydrogen-bond acceptors (Lipinski definition) is 3. The fourth-order valence-electron chi connectivity index (χ4n) is 0.685. The standard InChI is InChI=1S/C8H9NOS/c1-2-7-6-9-8(11-7)4-3-5-10/h3-6H,2H2,1H3/b4-3+. The molecule has 0 saturated heterocycles. The number of aryl methyl sites for hydroxylation is 1. The number of nitrogens with zero attached hydrogens (tertiary/aromatic N) is 1. The number of aromatic nitrogens is 1. The fraction of sp³-hybridized carbons (Fsp3) is 0.250. The van der Waals surface area contributed by atoms with Crippen LogP contribution in [0.4, 0.5) is 0 Å². The Bertz CT molecular complexity index is 265. The summed E-state index contributed by atoms with van der Waals surface area (Å²) in [7, 11) is 0. The molecule has 0 radical (unpaired) electrons. The van der Waals surface area contributed by atoms with E-state index in [9.17, 15) is 4.79 Å². The van der Waals surface area contributed by atoms with Crippen LogP contribution in [-0.2, 0) is 11.2 Å². The van der Waals surface area contributed by atoms with Crippen molar-refractivity contribution in [3.8, 4) is 0 Å². The van der Waals surface area contributed by atoms with E-state index in [1.54, 1.807) is 17.4 Å². The monoisotopic (exact) mass is 167 g/mol. The Morgan fingerprint density at radius 2 is 2.55 bits per heavy atom. The number of carbonyl (C=O) groups excluding carboxylic acids is 1. The summed E-state index contributed by atoms with van der Waals surface area (Å²) >= 11 is 1.62. The number of aldehydes is 1. The Labute approximate surface area is 69.6 Å². The van der Waals surface area contributed by atoms with Crippen LogP contribution in [0.1, 0.15) is 16.8 Å². The van der Waals surface area contributed by atoms with E-state index in [1.807, 2.05) is 6.20 Å². The highest BCUT2D eigenvalue weighted by molar-refractivity contribution is 7.12. The largest absolute Gasteiger partial charge is 0.299 e. The summed E-state index contributed by atoms with van der Waals surface area (Å²) in [5.74, 6) is 0. The molecule has 11 heavy (non-hydrogen) atoms. The van der Waals surface area contributed by atoms with Crippen LogP contribution in [0.2, 0.25) is 0 Å². The van der Waals surface area contributed by atoms with Gasteiger partial charge in [0, 0.05) is 11.1 Å². The smallest absolute Gasteiger partial charge is 0.142 e. The zero-order chi connectivity index (χ0) is 8.10. The van der Waals surface area contributed by atoms with E-state index in [2.05, 4.69) is 11.9 Å². The van der Waals surface area contributed by atoms with Crippen LogP contribution in [-0.4, -0.2) is 11.3 Å². The number of carbonyl (C=O) groups is 1. The average molecular weight is 167 g/mol. The van der Waals surface area contributed by atoms with Crippen molar-refractivity contribution in [3.05, 3.63) is 22.2 Å². The topological polar surface area (TPSA) is 30.0 Å². The second-order valence-electron chi connectivity index (χ2n) is 2.01. The van der Waals surface area contributed by atoms with Gasteiger partial charge in [0.05, 0.1) is 0 Å². The van der Waals surface area contributed by atoms with Crippen molar-refractivity contribution in [3.63, 3.8) is 0 Å². The van der Waals surface area contributed by atoms with Crippen molar-refractivity contribution in [2.24, 2.45) is 0 Å². The molecule has 0 bridgehead atoms. The maximum absolute atomic E-state index is 9.94. The number of rotatable bonds is 3. The lowest BCUT2D eigenvalue weighted by molar-refractivity contribution is -0.104. The average Bonchev–Trinajstić information content (AvgIpc) is 2.48. The highest BCUT2D eigenvalue weighted by Crippen LogP contribution is 2.13. The zero-order valence-electron chi connectivity index (χ0n) is 6.28. The number of allylic oxidation sites excluding steroid dienone is 1. The first-order chi connectivity index (χ1) is 5.36. The van der Waals surface area contributed by atoms with Crippen molar-refractivity contribution in [1.82, 2.24) is 4.98 Å². The molecule has 0 aromatic carbocycles. The van der Waals surface area contributed by atoms with Crippen LogP contribution >= 0.6 is 11.3 Å². The normalized spacial score (nSPS) is 10.6. The Hall–Kier alpha value is -0.960. The predicted octanol–water partition coefficient (Wildman–Crippen LogP) is 1.92. The van der Waals surface area contributed by atoms with Gasteiger partial charge in [0.2, 0.25) is 0 Å². The van der Waals surface area contributed by atoms with Gasteiger partial charge in [-0.25, -0.2) is 4.98 Å². The summed E-state index contributed by atoms with van der Waals surface area (Å²) in [4.78, 5) is 15.3. The minimum absolute atomic E-state index is 0.757. The molecule has 1 rings (SSSR count). The summed E-state index contributed by atoms with van der Waals surface area (Å²) in [6.45, 7) is 2.08. The minimum Gasteiger partial charge on any atom is -0.299 e. The third kappa shape index (κ3) is 2.27. The summed E-state index contributed by atoms with van der Waals surface area (Å²) in [6, 6.07) is 0. The van der Waals surface area contributed by atoms with Gasteiger partial charge in [-0.3, -0.25) is 4.79 Å². The highest BCUT2D eigenvalue weighted by atomic mass is 32.1. The third-order valence-electron chi connectivity index (χ3n) is 1.24. The van der Waals surface area contributed by atoms with Gasteiger partial charge in [-0.15, -0.1) is 11.3 Å². The van der Waals surface area contributed by atoms with E-state index >= 15 is 0 Å². The minimum atomic E-state index is 0.757. The molecule has 1 aromatic rings. The maximum Gasteiger partial charge on any atom is 0.142 e. The quantitative estimate of drug-likeness (QED) is 0.508. The van der Waals surface area contributed by atoms with Crippen LogP contribution in [0.25, 0.3) is 6.08 Å². The van der Waals surface area contributed by atoms with Gasteiger partial charge in [0.1, 0.15) is 11.3 Å². The molecule has 0 amide bonds. The molecule has 1 aromatic heterocycles. The van der Waals surface area contributed by atoms with E-state index < -0.39 is 0 Å². The molecule has 0 spiro atoms. The molecule has 0 aliphatic carbocycles. The SMILES string of the molecule is CCc1cnc(/C=C/C=O)s1. The van der Waals surface area contributed by atoms with Gasteiger partial charge in [0.15, 0.2) is 0 Å². The van der Waals surface area contributed by atoms with Gasteiger partial charge >= 0.3 is 0 Å². The number of hydrogen-bond donors (Lipinski definition) is 0. The lowest BCUT2D eigenvalue weighted by atomic mass is 10.4. The summed E-state index contributed by atoms with van der Waals surface area (Å²) in [5, 5.41) is 0.897. The molecule has 1 heterocycles. The molecule has 3 heteroatoms. The zero-order valence-corrected chi connectivity index (χ0v) is 7.10. The predicted molar refractivity (Wildman–Crippen MR) is 46.6 cm³/mol. The van der Waals surface area contributed by atoms with E-state index in [4.69, 9.17) is 0 Å². The summed E-state index contributed by atoms with van der Waals surface area (Å²) in [5.41, 5.74) is 0. The molecule has 0 unspecified atom stereocenters. The molecular weight excluding hydrogens is 158 g/mol. The van der Waals surface area contributed by atoms with Crippen LogP contribution in [0, 0.1) is 0 Å². The van der Waals surface area contributed by atoms with Gasteiger partial charge in [-0.1, -0.05) is 6.92 Å². The van der Waals surface area contributed by atoms with Gasteiger partial charge in [-0.2, -0.15) is 0 Å².